The molecule has 2 saturated heterocycles. The van der Waals surface area contributed by atoms with E-state index in [-0.39, 0.29) is 24.9 Å². The van der Waals surface area contributed by atoms with Crippen LogP contribution in [-0.2, 0) is 9.47 Å². The minimum atomic E-state index is -0.789. The molecule has 3 N–H and O–H groups in total. The lowest BCUT2D eigenvalue weighted by atomic mass is 10.1. The van der Waals surface area contributed by atoms with Crippen LogP contribution in [0.25, 0.3) is 0 Å². The van der Waals surface area contributed by atoms with Crippen molar-refractivity contribution in [1.82, 2.24) is 5.32 Å². The van der Waals surface area contributed by atoms with E-state index in [1.807, 2.05) is 13.8 Å². The zero-order chi connectivity index (χ0) is 10.3. The molecule has 0 amide bonds. The Hall–Kier alpha value is -0.200. The van der Waals surface area contributed by atoms with Crippen molar-refractivity contribution in [2.24, 2.45) is 0 Å². The lowest BCUT2D eigenvalue weighted by molar-refractivity contribution is -0.157. The zero-order valence-electron chi connectivity index (χ0n) is 8.43. The molecule has 2 heterocycles. The summed E-state index contributed by atoms with van der Waals surface area (Å²) in [6, 6.07) is -0.230. The van der Waals surface area contributed by atoms with Gasteiger partial charge in [-0.15, -0.1) is 0 Å². The summed E-state index contributed by atoms with van der Waals surface area (Å²) < 4.78 is 11.3. The monoisotopic (exact) mass is 203 g/mol. The van der Waals surface area contributed by atoms with E-state index in [1.54, 1.807) is 0 Å². The Morgan fingerprint density at radius 3 is 2.86 bits per heavy atom. The standard InChI is InChI=1S/C9H17NO4/c1-9(2)13-6-3-10-7(5(12)4-11)8(6)14-9/h5-8,10-12H,3-4H2,1-2H3/t5-,6+,7-,8+/m1/s1. The van der Waals surface area contributed by atoms with Crippen molar-refractivity contribution in [2.75, 3.05) is 13.2 Å². The molecule has 0 aliphatic carbocycles. The highest BCUT2D eigenvalue weighted by atomic mass is 16.8. The van der Waals surface area contributed by atoms with Crippen LogP contribution < -0.4 is 5.32 Å². The van der Waals surface area contributed by atoms with Crippen LogP contribution in [0.2, 0.25) is 0 Å². The smallest absolute Gasteiger partial charge is 0.163 e. The zero-order valence-corrected chi connectivity index (χ0v) is 8.43. The van der Waals surface area contributed by atoms with Crippen LogP contribution in [0.5, 0.6) is 0 Å². The van der Waals surface area contributed by atoms with Gasteiger partial charge in [0.15, 0.2) is 5.79 Å². The fourth-order valence-corrected chi connectivity index (χ4v) is 2.16. The Morgan fingerprint density at radius 1 is 1.50 bits per heavy atom. The molecule has 2 aliphatic heterocycles. The maximum Gasteiger partial charge on any atom is 0.163 e. The summed E-state index contributed by atoms with van der Waals surface area (Å²) in [5.41, 5.74) is 0. The molecule has 0 aromatic rings. The van der Waals surface area contributed by atoms with E-state index in [2.05, 4.69) is 5.32 Å². The molecule has 0 unspecified atom stereocenters. The van der Waals surface area contributed by atoms with Crippen LogP contribution >= 0.6 is 0 Å². The van der Waals surface area contributed by atoms with Gasteiger partial charge >= 0.3 is 0 Å². The van der Waals surface area contributed by atoms with Gasteiger partial charge in [0.25, 0.3) is 0 Å². The molecule has 5 nitrogen and oxygen atoms in total. The van der Waals surface area contributed by atoms with Crippen molar-refractivity contribution in [3.8, 4) is 0 Å². The van der Waals surface area contributed by atoms with Crippen molar-refractivity contribution in [3.05, 3.63) is 0 Å². The second-order valence-electron chi connectivity index (χ2n) is 4.32. The van der Waals surface area contributed by atoms with Crippen LogP contribution in [0.4, 0.5) is 0 Å². The molecule has 4 atom stereocenters. The average molecular weight is 203 g/mol. The van der Waals surface area contributed by atoms with Crippen molar-refractivity contribution in [2.45, 2.75) is 44.0 Å². The van der Waals surface area contributed by atoms with Crippen molar-refractivity contribution in [3.63, 3.8) is 0 Å². The van der Waals surface area contributed by atoms with Gasteiger partial charge in [-0.25, -0.2) is 0 Å². The lowest BCUT2D eigenvalue weighted by Gasteiger charge is -2.24. The predicted molar refractivity (Wildman–Crippen MR) is 48.7 cm³/mol. The van der Waals surface area contributed by atoms with Gasteiger partial charge in [0.05, 0.1) is 18.8 Å². The van der Waals surface area contributed by atoms with Crippen LogP contribution in [0, 0.1) is 0 Å². The molecule has 2 fully saturated rings. The highest BCUT2D eigenvalue weighted by Gasteiger charge is 2.50. The van der Waals surface area contributed by atoms with Gasteiger partial charge in [0.1, 0.15) is 12.2 Å². The van der Waals surface area contributed by atoms with Gasteiger partial charge in [-0.05, 0) is 13.8 Å². The number of aliphatic hydroxyl groups excluding tert-OH is 2. The Labute approximate surface area is 83.0 Å². The van der Waals surface area contributed by atoms with Crippen LogP contribution in [0.3, 0.4) is 0 Å². The molecule has 2 aliphatic rings. The summed E-state index contributed by atoms with van der Waals surface area (Å²) in [5, 5.41) is 21.5. The minimum absolute atomic E-state index is 0.0174. The molecule has 0 aromatic carbocycles. The third-order valence-electron chi connectivity index (χ3n) is 2.73. The second kappa shape index (κ2) is 3.43. The third-order valence-corrected chi connectivity index (χ3v) is 2.73. The number of rotatable bonds is 2. The summed E-state index contributed by atoms with van der Waals surface area (Å²) in [5.74, 6) is -0.579. The number of hydrogen-bond acceptors (Lipinski definition) is 5. The number of fused-ring (bicyclic) bond motifs is 1. The van der Waals surface area contributed by atoms with Crippen molar-refractivity contribution in [1.29, 1.82) is 0 Å². The number of hydrogen-bond donors (Lipinski definition) is 3. The van der Waals surface area contributed by atoms with Gasteiger partial charge in [-0.2, -0.15) is 0 Å². The SMILES string of the molecule is CC1(C)O[C@@H]2[C@@H]([C@H](O)CO)NC[C@@H]2O1. The van der Waals surface area contributed by atoms with E-state index in [0.29, 0.717) is 6.54 Å². The maximum atomic E-state index is 9.53. The first-order valence-electron chi connectivity index (χ1n) is 4.91. The lowest BCUT2D eigenvalue weighted by Crippen LogP contribution is -2.45. The van der Waals surface area contributed by atoms with E-state index in [1.165, 1.54) is 0 Å². The summed E-state index contributed by atoms with van der Waals surface area (Å²) >= 11 is 0. The third kappa shape index (κ3) is 1.66. The van der Waals surface area contributed by atoms with E-state index in [9.17, 15) is 5.11 Å². The van der Waals surface area contributed by atoms with Crippen LogP contribution in [-0.4, -0.2) is 53.5 Å². The molecule has 14 heavy (non-hydrogen) atoms. The molecule has 82 valence electrons. The Kier molecular flexibility index (Phi) is 2.53. The Balaban J connectivity index is 2.04. The van der Waals surface area contributed by atoms with Gasteiger partial charge in [-0.3, -0.25) is 0 Å². The molecule has 0 radical (unpaired) electrons. The van der Waals surface area contributed by atoms with Crippen LogP contribution in [0.1, 0.15) is 13.8 Å². The van der Waals surface area contributed by atoms with Gasteiger partial charge in [0, 0.05) is 6.54 Å². The fourth-order valence-electron chi connectivity index (χ4n) is 2.16. The van der Waals surface area contributed by atoms with Crippen LogP contribution in [0.15, 0.2) is 0 Å². The first-order valence-corrected chi connectivity index (χ1v) is 4.91. The molecule has 0 spiro atoms. The van der Waals surface area contributed by atoms with Gasteiger partial charge < -0.3 is 25.0 Å². The fraction of sp³-hybridized carbons (Fsp3) is 1.00. The number of aliphatic hydroxyl groups is 2. The number of nitrogens with one attached hydrogen (secondary N) is 1. The molecule has 0 bridgehead atoms. The summed E-state index contributed by atoms with van der Waals surface area (Å²) in [6.07, 6.45) is -0.967. The van der Waals surface area contributed by atoms with E-state index < -0.39 is 11.9 Å². The molecule has 2 rings (SSSR count). The quantitative estimate of drug-likeness (QED) is 0.527. The first-order chi connectivity index (χ1) is 6.53. The molecule has 0 aromatic heterocycles. The summed E-state index contributed by atoms with van der Waals surface area (Å²) in [6.45, 7) is 4.11. The molecular weight excluding hydrogens is 186 g/mol. The largest absolute Gasteiger partial charge is 0.394 e. The summed E-state index contributed by atoms with van der Waals surface area (Å²) in [4.78, 5) is 0. The first kappa shape index (κ1) is 10.3. The Bertz CT molecular complexity index is 221. The van der Waals surface area contributed by atoms with E-state index in [0.717, 1.165) is 0 Å². The molecule has 5 heteroatoms. The highest BCUT2D eigenvalue weighted by Crippen LogP contribution is 2.33. The van der Waals surface area contributed by atoms with E-state index >= 15 is 0 Å². The second-order valence-corrected chi connectivity index (χ2v) is 4.32. The van der Waals surface area contributed by atoms with Gasteiger partial charge in [0.2, 0.25) is 0 Å². The normalized spacial score (nSPS) is 42.4. The minimum Gasteiger partial charge on any atom is -0.394 e. The predicted octanol–water partition coefficient (Wildman–Crippen LogP) is -1.17. The highest BCUT2D eigenvalue weighted by molar-refractivity contribution is 5.00. The molecular formula is C9H17NO4. The number of ether oxygens (including phenoxy) is 2. The van der Waals surface area contributed by atoms with Gasteiger partial charge in [-0.1, -0.05) is 0 Å². The Morgan fingerprint density at radius 2 is 2.21 bits per heavy atom. The average Bonchev–Trinajstić information content (AvgIpc) is 2.58. The van der Waals surface area contributed by atoms with E-state index in [4.69, 9.17) is 14.6 Å². The van der Waals surface area contributed by atoms with Crippen molar-refractivity contribution >= 4 is 0 Å². The topological polar surface area (TPSA) is 71.0 Å². The summed E-state index contributed by atoms with van der Waals surface area (Å²) in [7, 11) is 0. The maximum absolute atomic E-state index is 9.53. The molecule has 0 saturated carbocycles. The van der Waals surface area contributed by atoms with Crippen molar-refractivity contribution < 1.29 is 19.7 Å².